The first-order chi connectivity index (χ1) is 16.7. The van der Waals surface area contributed by atoms with E-state index in [1.165, 1.54) is 17.0 Å². The molecule has 4 rings (SSSR count). The first-order valence-corrected chi connectivity index (χ1v) is 12.8. The number of phenolic OH excluding ortho intramolecular Hbond substituents is 1. The van der Waals surface area contributed by atoms with Crippen molar-refractivity contribution in [2.45, 2.75) is 71.7 Å². The molecular formula is C27H35BFNO5. The number of phenols is 1. The van der Waals surface area contributed by atoms with E-state index in [0.29, 0.717) is 37.7 Å². The second-order valence-corrected chi connectivity index (χ2v) is 10.1. The third-order valence-electron chi connectivity index (χ3n) is 7.63. The smallest absolute Gasteiger partial charge is 0.455 e. The van der Waals surface area contributed by atoms with Gasteiger partial charge in [-0.3, -0.25) is 14.5 Å². The number of hydrogen-bond acceptors (Lipinski definition) is 5. The summed E-state index contributed by atoms with van der Waals surface area (Å²) >= 11 is 0. The van der Waals surface area contributed by atoms with Gasteiger partial charge >= 0.3 is 7.12 Å². The van der Waals surface area contributed by atoms with Crippen LogP contribution in [0.15, 0.2) is 34.9 Å². The van der Waals surface area contributed by atoms with Crippen LogP contribution in [0.1, 0.15) is 64.9 Å². The van der Waals surface area contributed by atoms with Crippen LogP contribution >= 0.6 is 0 Å². The number of fused-ring (bicyclic) bond motifs is 3. The molecule has 6 nitrogen and oxygen atoms in total. The highest BCUT2D eigenvalue weighted by atomic mass is 19.1. The standard InChI is InChI=1S/C27H35BFNO5/c1-4-6-17(13-18-7-9-22(31)21(29)14-18)8-10-23-24-16(3)12-19-25(20(24)15-28(34)35-23)27(33)30(11-5-2)26(19)32/h7,9,13-14,19-20,23,25,31,34H,4-6,8,10-12,15H2,1-3H3/b17-13+/t19-,20+,23-,25-/m1/s1. The van der Waals surface area contributed by atoms with Crippen LogP contribution in [0.3, 0.4) is 0 Å². The Kier molecular flexibility index (Phi) is 7.81. The van der Waals surface area contributed by atoms with Gasteiger partial charge in [0.15, 0.2) is 11.6 Å². The summed E-state index contributed by atoms with van der Waals surface area (Å²) in [5, 5.41) is 20.0. The van der Waals surface area contributed by atoms with Gasteiger partial charge in [0.25, 0.3) is 0 Å². The summed E-state index contributed by atoms with van der Waals surface area (Å²) in [4.78, 5) is 27.6. The number of allylic oxidation sites excluding steroid dienone is 2. The largest absolute Gasteiger partial charge is 0.505 e. The van der Waals surface area contributed by atoms with Crippen molar-refractivity contribution in [1.82, 2.24) is 4.90 Å². The average Bonchev–Trinajstić information content (AvgIpc) is 3.04. The number of hydrogen-bond donors (Lipinski definition) is 2. The van der Waals surface area contributed by atoms with E-state index in [0.717, 1.165) is 36.0 Å². The number of carbonyl (C=O) groups excluding carboxylic acids is 2. The molecule has 0 aromatic heterocycles. The average molecular weight is 483 g/mol. The Morgan fingerprint density at radius 2 is 1.97 bits per heavy atom. The first-order valence-electron chi connectivity index (χ1n) is 12.8. The van der Waals surface area contributed by atoms with E-state index >= 15 is 0 Å². The molecule has 2 aliphatic heterocycles. The maximum absolute atomic E-state index is 13.8. The van der Waals surface area contributed by atoms with E-state index < -0.39 is 18.9 Å². The molecule has 2 N–H and O–H groups in total. The summed E-state index contributed by atoms with van der Waals surface area (Å²) in [6.45, 7) is 6.51. The van der Waals surface area contributed by atoms with Gasteiger partial charge in [-0.05, 0) is 74.5 Å². The zero-order valence-electron chi connectivity index (χ0n) is 20.8. The zero-order valence-corrected chi connectivity index (χ0v) is 20.8. The van der Waals surface area contributed by atoms with Crippen LogP contribution < -0.4 is 0 Å². The van der Waals surface area contributed by atoms with Gasteiger partial charge in [0, 0.05) is 6.54 Å². The Hall–Kier alpha value is -2.45. The predicted molar refractivity (Wildman–Crippen MR) is 133 cm³/mol. The first kappa shape index (κ1) is 25.6. The van der Waals surface area contributed by atoms with Crippen molar-refractivity contribution >= 4 is 25.0 Å². The topological polar surface area (TPSA) is 87.1 Å². The number of benzene rings is 1. The monoisotopic (exact) mass is 483 g/mol. The van der Waals surface area contributed by atoms with Crippen LogP contribution in [-0.2, 0) is 14.2 Å². The van der Waals surface area contributed by atoms with Gasteiger partial charge in [-0.15, -0.1) is 0 Å². The van der Waals surface area contributed by atoms with Crippen molar-refractivity contribution in [3.63, 3.8) is 0 Å². The lowest BCUT2D eigenvalue weighted by Gasteiger charge is -2.42. The molecule has 3 aliphatic rings. The van der Waals surface area contributed by atoms with Gasteiger partial charge in [-0.1, -0.05) is 43.6 Å². The second kappa shape index (κ2) is 10.7. The van der Waals surface area contributed by atoms with E-state index in [9.17, 15) is 24.1 Å². The predicted octanol–water partition coefficient (Wildman–Crippen LogP) is 4.72. The normalized spacial score (nSPS) is 26.9. The van der Waals surface area contributed by atoms with Crippen molar-refractivity contribution in [1.29, 1.82) is 0 Å². The van der Waals surface area contributed by atoms with Crippen molar-refractivity contribution < 1.29 is 28.8 Å². The number of halogens is 1. The number of aromatic hydroxyl groups is 1. The van der Waals surface area contributed by atoms with Gasteiger partial charge in [-0.2, -0.15) is 0 Å². The van der Waals surface area contributed by atoms with E-state index in [2.05, 4.69) is 6.92 Å². The molecule has 2 heterocycles. The lowest BCUT2D eigenvalue weighted by Crippen LogP contribution is -2.46. The van der Waals surface area contributed by atoms with Crippen LogP contribution in [-0.4, -0.2) is 46.6 Å². The highest BCUT2D eigenvalue weighted by molar-refractivity contribution is 6.43. The summed E-state index contributed by atoms with van der Waals surface area (Å²) in [5.74, 6) is -2.15. The molecule has 0 radical (unpaired) electrons. The molecular weight excluding hydrogens is 448 g/mol. The minimum absolute atomic E-state index is 0.0768. The molecule has 1 aromatic carbocycles. The molecule has 0 spiro atoms. The Morgan fingerprint density at radius 3 is 2.66 bits per heavy atom. The number of amides is 2. The zero-order chi connectivity index (χ0) is 25.3. The lowest BCUT2D eigenvalue weighted by atomic mass is 9.58. The third-order valence-corrected chi connectivity index (χ3v) is 7.63. The van der Waals surface area contributed by atoms with E-state index in [-0.39, 0.29) is 35.5 Å². The minimum atomic E-state index is -0.978. The number of nitrogens with zero attached hydrogens (tertiary/aromatic N) is 1. The van der Waals surface area contributed by atoms with Crippen molar-refractivity contribution in [2.24, 2.45) is 17.8 Å². The molecule has 1 aliphatic carbocycles. The molecule has 0 bridgehead atoms. The van der Waals surface area contributed by atoms with Gasteiger partial charge in [0.1, 0.15) is 0 Å². The lowest BCUT2D eigenvalue weighted by molar-refractivity contribution is -0.140. The van der Waals surface area contributed by atoms with Gasteiger partial charge in [-0.25, -0.2) is 4.39 Å². The summed E-state index contributed by atoms with van der Waals surface area (Å²) in [5.41, 5.74) is 3.98. The van der Waals surface area contributed by atoms with Crippen LogP contribution in [0.2, 0.25) is 6.32 Å². The second-order valence-electron chi connectivity index (χ2n) is 10.1. The SMILES string of the molecule is CCC/C(=C\c1ccc(O)c(F)c1)CC[C@H]1OB(O)C[C@H]2C1=C(C)C[C@H]1C(=O)N(CCC)C(=O)[C@H]12. The molecule has 8 heteroatoms. The fourth-order valence-electron chi connectivity index (χ4n) is 6.18. The molecule has 188 valence electrons. The van der Waals surface area contributed by atoms with Crippen LogP contribution in [0.4, 0.5) is 4.39 Å². The maximum Gasteiger partial charge on any atom is 0.455 e. The summed E-state index contributed by atoms with van der Waals surface area (Å²) in [6, 6.07) is 4.36. The van der Waals surface area contributed by atoms with Crippen LogP contribution in [0.25, 0.3) is 6.08 Å². The molecule has 4 atom stereocenters. The highest BCUT2D eigenvalue weighted by Crippen LogP contribution is 2.50. The minimum Gasteiger partial charge on any atom is -0.505 e. The molecule has 1 aromatic rings. The quantitative estimate of drug-likeness (QED) is 0.318. The van der Waals surface area contributed by atoms with Crippen LogP contribution in [0.5, 0.6) is 5.75 Å². The fourth-order valence-corrected chi connectivity index (χ4v) is 6.18. The molecule has 2 amide bonds. The number of imide groups is 1. The van der Waals surface area contributed by atoms with Crippen molar-refractivity contribution in [2.75, 3.05) is 6.54 Å². The van der Waals surface area contributed by atoms with Crippen LogP contribution in [0, 0.1) is 23.6 Å². The Morgan fingerprint density at radius 1 is 1.20 bits per heavy atom. The Labute approximate surface area is 207 Å². The summed E-state index contributed by atoms with van der Waals surface area (Å²) in [6.07, 6.45) is 6.32. The van der Waals surface area contributed by atoms with E-state index in [1.54, 1.807) is 6.07 Å². The maximum atomic E-state index is 13.8. The number of carbonyl (C=O) groups is 2. The molecule has 35 heavy (non-hydrogen) atoms. The fraction of sp³-hybridized carbons (Fsp3) is 0.556. The third kappa shape index (κ3) is 5.09. The molecule has 0 saturated carbocycles. The van der Waals surface area contributed by atoms with Crippen molar-refractivity contribution in [3.05, 3.63) is 46.3 Å². The summed E-state index contributed by atoms with van der Waals surface area (Å²) < 4.78 is 19.8. The molecule has 0 unspecified atom stereocenters. The Balaban J connectivity index is 1.56. The summed E-state index contributed by atoms with van der Waals surface area (Å²) in [7, 11) is -0.978. The Bertz CT molecular complexity index is 1050. The van der Waals surface area contributed by atoms with E-state index in [4.69, 9.17) is 4.65 Å². The number of likely N-dealkylation sites (tertiary alicyclic amines) is 1. The van der Waals surface area contributed by atoms with Gasteiger partial charge in [0.05, 0.1) is 17.9 Å². The van der Waals surface area contributed by atoms with Crippen molar-refractivity contribution in [3.8, 4) is 5.75 Å². The van der Waals surface area contributed by atoms with Gasteiger partial charge < -0.3 is 14.8 Å². The molecule has 2 fully saturated rings. The highest BCUT2D eigenvalue weighted by Gasteiger charge is 2.56. The van der Waals surface area contributed by atoms with E-state index in [1.807, 2.05) is 19.9 Å². The van der Waals surface area contributed by atoms with Gasteiger partial charge in [0.2, 0.25) is 11.8 Å². The number of rotatable bonds is 8. The molecule has 2 saturated heterocycles.